The number of para-hydroxylation sites is 1. The van der Waals surface area contributed by atoms with Crippen molar-refractivity contribution in [2.45, 2.75) is 45.6 Å². The summed E-state index contributed by atoms with van der Waals surface area (Å²) in [6.45, 7) is 5.58. The van der Waals surface area contributed by atoms with Crippen LogP contribution in [-0.4, -0.2) is 20.3 Å². The van der Waals surface area contributed by atoms with Crippen LogP contribution in [0.3, 0.4) is 0 Å². The molecule has 3 N–H and O–H groups in total. The van der Waals surface area contributed by atoms with E-state index in [-0.39, 0.29) is 6.04 Å². The van der Waals surface area contributed by atoms with Crippen molar-refractivity contribution in [3.8, 4) is 5.75 Å². The summed E-state index contributed by atoms with van der Waals surface area (Å²) < 4.78 is 10.9. The average molecular weight is 294 g/mol. The van der Waals surface area contributed by atoms with E-state index in [9.17, 15) is 0 Å². The molecule has 2 unspecified atom stereocenters. The molecule has 0 aliphatic heterocycles. The monoisotopic (exact) mass is 294 g/mol. The van der Waals surface area contributed by atoms with Gasteiger partial charge < -0.3 is 9.47 Å². The van der Waals surface area contributed by atoms with E-state index in [2.05, 4.69) is 25.3 Å². The Morgan fingerprint density at radius 1 is 1.19 bits per heavy atom. The van der Waals surface area contributed by atoms with Crippen LogP contribution in [0.2, 0.25) is 0 Å². The van der Waals surface area contributed by atoms with Gasteiger partial charge in [0.15, 0.2) is 0 Å². The molecule has 1 aromatic rings. The minimum atomic E-state index is 0.125. The molecule has 2 atom stereocenters. The highest BCUT2D eigenvalue weighted by Gasteiger charge is 2.23. The van der Waals surface area contributed by atoms with Gasteiger partial charge in [0.25, 0.3) is 0 Å². The highest BCUT2D eigenvalue weighted by molar-refractivity contribution is 5.36. The molecular weight excluding hydrogens is 264 g/mol. The molecule has 0 aliphatic rings. The first-order valence-corrected chi connectivity index (χ1v) is 7.95. The largest absolute Gasteiger partial charge is 0.491 e. The Hall–Kier alpha value is -1.10. The van der Waals surface area contributed by atoms with Crippen molar-refractivity contribution in [3.63, 3.8) is 0 Å². The maximum absolute atomic E-state index is 5.85. The number of hydrazine groups is 1. The number of benzene rings is 1. The van der Waals surface area contributed by atoms with Crippen LogP contribution in [0, 0.1) is 5.92 Å². The number of unbranched alkanes of at least 4 members (excludes halogenated alkanes) is 1. The van der Waals surface area contributed by atoms with E-state index in [0.29, 0.717) is 19.1 Å². The lowest BCUT2D eigenvalue weighted by molar-refractivity contribution is 0.144. The fourth-order valence-electron chi connectivity index (χ4n) is 2.66. The minimum Gasteiger partial charge on any atom is -0.491 e. The van der Waals surface area contributed by atoms with Gasteiger partial charge in [0, 0.05) is 12.7 Å². The molecule has 120 valence electrons. The van der Waals surface area contributed by atoms with Gasteiger partial charge >= 0.3 is 0 Å². The Morgan fingerprint density at radius 2 is 1.95 bits per heavy atom. The lowest BCUT2D eigenvalue weighted by atomic mass is 9.87. The van der Waals surface area contributed by atoms with E-state index in [1.165, 1.54) is 19.3 Å². The molecule has 0 amide bonds. The minimum absolute atomic E-state index is 0.125. The zero-order chi connectivity index (χ0) is 15.5. The zero-order valence-electron chi connectivity index (χ0n) is 13.6. The Bertz CT molecular complexity index is 385. The summed E-state index contributed by atoms with van der Waals surface area (Å²) in [5.74, 6) is 7.26. The first kappa shape index (κ1) is 18.0. The predicted molar refractivity (Wildman–Crippen MR) is 87.2 cm³/mol. The van der Waals surface area contributed by atoms with Crippen LogP contribution in [0.15, 0.2) is 24.3 Å². The predicted octanol–water partition coefficient (Wildman–Crippen LogP) is 3.43. The van der Waals surface area contributed by atoms with Crippen molar-refractivity contribution in [1.82, 2.24) is 5.43 Å². The standard InChI is InChI=1S/C17H30N2O2/c1-4-6-9-14(5-2)17(19-18)15-10-7-8-11-16(15)21-13-12-20-3/h7-8,10-11,14,17,19H,4-6,9,12-13,18H2,1-3H3. The number of nitrogens with two attached hydrogens (primary N) is 1. The van der Waals surface area contributed by atoms with Gasteiger partial charge in [-0.05, 0) is 18.4 Å². The highest BCUT2D eigenvalue weighted by Crippen LogP contribution is 2.33. The van der Waals surface area contributed by atoms with Gasteiger partial charge in [0.05, 0.1) is 12.6 Å². The van der Waals surface area contributed by atoms with Crippen molar-refractivity contribution >= 4 is 0 Å². The van der Waals surface area contributed by atoms with Crippen molar-refractivity contribution < 1.29 is 9.47 Å². The van der Waals surface area contributed by atoms with Crippen LogP contribution >= 0.6 is 0 Å². The number of methoxy groups -OCH3 is 1. The topological polar surface area (TPSA) is 56.5 Å². The third kappa shape index (κ3) is 5.65. The molecule has 4 nitrogen and oxygen atoms in total. The van der Waals surface area contributed by atoms with Crippen molar-refractivity contribution in [2.24, 2.45) is 11.8 Å². The Labute approximate surface area is 129 Å². The highest BCUT2D eigenvalue weighted by atomic mass is 16.5. The molecule has 0 aliphatic carbocycles. The molecule has 0 radical (unpaired) electrons. The maximum Gasteiger partial charge on any atom is 0.124 e. The van der Waals surface area contributed by atoms with E-state index in [0.717, 1.165) is 17.7 Å². The molecule has 21 heavy (non-hydrogen) atoms. The van der Waals surface area contributed by atoms with Crippen LogP contribution in [0.25, 0.3) is 0 Å². The molecule has 4 heteroatoms. The van der Waals surface area contributed by atoms with E-state index in [1.807, 2.05) is 18.2 Å². The molecule has 1 rings (SSSR count). The lowest BCUT2D eigenvalue weighted by Crippen LogP contribution is -2.34. The van der Waals surface area contributed by atoms with Gasteiger partial charge in [0.1, 0.15) is 12.4 Å². The summed E-state index contributed by atoms with van der Waals surface area (Å²) >= 11 is 0. The van der Waals surface area contributed by atoms with E-state index < -0.39 is 0 Å². The number of nitrogens with one attached hydrogen (secondary N) is 1. The van der Waals surface area contributed by atoms with Gasteiger partial charge in [-0.15, -0.1) is 0 Å². The molecule has 1 aromatic carbocycles. The maximum atomic E-state index is 5.85. The molecular formula is C17H30N2O2. The van der Waals surface area contributed by atoms with Gasteiger partial charge in [-0.1, -0.05) is 51.3 Å². The normalized spacial score (nSPS) is 13.9. The van der Waals surface area contributed by atoms with Crippen molar-refractivity contribution in [1.29, 1.82) is 0 Å². The van der Waals surface area contributed by atoms with Crippen LogP contribution < -0.4 is 16.0 Å². The Balaban J connectivity index is 2.87. The number of ether oxygens (including phenoxy) is 2. The fraction of sp³-hybridized carbons (Fsp3) is 0.647. The first-order chi connectivity index (χ1) is 10.3. The summed E-state index contributed by atoms with van der Waals surface area (Å²) in [5.41, 5.74) is 4.14. The van der Waals surface area contributed by atoms with Gasteiger partial charge in [0.2, 0.25) is 0 Å². The molecule has 0 saturated heterocycles. The molecule has 0 saturated carbocycles. The summed E-state index contributed by atoms with van der Waals surface area (Å²) in [5, 5.41) is 0. The van der Waals surface area contributed by atoms with Crippen molar-refractivity contribution in [2.75, 3.05) is 20.3 Å². The van der Waals surface area contributed by atoms with Crippen LogP contribution in [0.4, 0.5) is 0 Å². The van der Waals surface area contributed by atoms with Gasteiger partial charge in [-0.25, -0.2) is 0 Å². The fourth-order valence-corrected chi connectivity index (χ4v) is 2.66. The van der Waals surface area contributed by atoms with Gasteiger partial charge in [-0.3, -0.25) is 11.3 Å². The number of rotatable bonds is 11. The van der Waals surface area contributed by atoms with E-state index in [4.69, 9.17) is 15.3 Å². The van der Waals surface area contributed by atoms with E-state index >= 15 is 0 Å². The molecule has 0 heterocycles. The van der Waals surface area contributed by atoms with Crippen LogP contribution in [0.1, 0.15) is 51.1 Å². The third-order valence-corrected chi connectivity index (χ3v) is 3.90. The van der Waals surface area contributed by atoms with Gasteiger partial charge in [-0.2, -0.15) is 0 Å². The van der Waals surface area contributed by atoms with Crippen molar-refractivity contribution in [3.05, 3.63) is 29.8 Å². The Kier molecular flexibility index (Phi) is 9.06. The van der Waals surface area contributed by atoms with E-state index in [1.54, 1.807) is 7.11 Å². The quantitative estimate of drug-likeness (QED) is 0.373. The molecule has 0 spiro atoms. The second-order valence-electron chi connectivity index (χ2n) is 5.33. The second kappa shape index (κ2) is 10.6. The molecule has 0 aromatic heterocycles. The molecule has 0 bridgehead atoms. The second-order valence-corrected chi connectivity index (χ2v) is 5.33. The summed E-state index contributed by atoms with van der Waals surface area (Å²) in [6.07, 6.45) is 4.71. The van der Waals surface area contributed by atoms with Crippen LogP contribution in [-0.2, 0) is 4.74 Å². The number of hydrogen-bond acceptors (Lipinski definition) is 4. The summed E-state index contributed by atoms with van der Waals surface area (Å²) in [6, 6.07) is 8.25. The summed E-state index contributed by atoms with van der Waals surface area (Å²) in [7, 11) is 1.68. The third-order valence-electron chi connectivity index (χ3n) is 3.90. The summed E-state index contributed by atoms with van der Waals surface area (Å²) in [4.78, 5) is 0. The first-order valence-electron chi connectivity index (χ1n) is 7.95. The molecule has 0 fully saturated rings. The zero-order valence-corrected chi connectivity index (χ0v) is 13.6. The van der Waals surface area contributed by atoms with Crippen LogP contribution in [0.5, 0.6) is 5.75 Å². The SMILES string of the molecule is CCCCC(CC)C(NN)c1ccccc1OCCOC. The smallest absolute Gasteiger partial charge is 0.124 e. The number of hydrogen-bond donors (Lipinski definition) is 2. The average Bonchev–Trinajstić information content (AvgIpc) is 2.52. The lowest BCUT2D eigenvalue weighted by Gasteiger charge is -2.27. The Morgan fingerprint density at radius 3 is 2.57 bits per heavy atom.